The fraction of sp³-hybridized carbons (Fsp3) is 0.432. The van der Waals surface area contributed by atoms with Gasteiger partial charge in [-0.3, -0.25) is 0 Å². The molecule has 0 atom stereocenters. The van der Waals surface area contributed by atoms with Crippen molar-refractivity contribution in [3.63, 3.8) is 0 Å². The zero-order valence-corrected chi connectivity index (χ0v) is 25.5. The smallest absolute Gasteiger partial charge is 0.335 e. The minimum absolute atomic E-state index is 0.136. The molecule has 2 aromatic carbocycles. The molecule has 6 heteroatoms. The largest absolute Gasteiger partial charge is 0.494 e. The van der Waals surface area contributed by atoms with Gasteiger partial charge >= 0.3 is 5.97 Å². The molecule has 3 aromatic rings. The number of aliphatic carboxylic acids is 1. The zero-order chi connectivity index (χ0) is 30.2. The molecule has 1 saturated heterocycles. The number of likely N-dealkylation sites (tertiary alicyclic amines) is 1. The molecule has 0 spiro atoms. The number of halogens is 1. The molecule has 0 radical (unpaired) electrons. The molecule has 5 rings (SSSR count). The van der Waals surface area contributed by atoms with Gasteiger partial charge < -0.3 is 19.3 Å². The average Bonchev–Trinajstić information content (AvgIpc) is 3.63. The Balaban J connectivity index is 1.42. The maximum absolute atomic E-state index is 14.7. The molecule has 1 N–H and O–H groups in total. The van der Waals surface area contributed by atoms with Crippen molar-refractivity contribution in [1.29, 1.82) is 0 Å². The molecule has 43 heavy (non-hydrogen) atoms. The maximum atomic E-state index is 14.7. The van der Waals surface area contributed by atoms with E-state index in [4.69, 9.17) is 4.74 Å². The number of carboxylic acids is 1. The second-order valence-electron chi connectivity index (χ2n) is 12.2. The third-order valence-electron chi connectivity index (χ3n) is 9.05. The third-order valence-corrected chi connectivity index (χ3v) is 9.05. The Hall–Kier alpha value is -3.64. The number of carboxylic acid groups (broad SMARTS) is 1. The fourth-order valence-electron chi connectivity index (χ4n) is 6.77. The second-order valence-corrected chi connectivity index (χ2v) is 12.2. The number of hydrogen-bond acceptors (Lipinski definition) is 3. The number of aromatic nitrogens is 1. The molecule has 1 saturated carbocycles. The van der Waals surface area contributed by atoms with Crippen molar-refractivity contribution in [3.05, 3.63) is 95.5 Å². The van der Waals surface area contributed by atoms with Gasteiger partial charge in [0.15, 0.2) is 0 Å². The maximum Gasteiger partial charge on any atom is 0.335 e. The van der Waals surface area contributed by atoms with Crippen molar-refractivity contribution >= 4 is 22.4 Å². The number of piperidine rings is 1. The number of fused-ring (bicyclic) bond motifs is 1. The number of nitrogens with zero attached hydrogens (tertiary/aromatic N) is 2. The molecule has 228 valence electrons. The molecule has 0 bridgehead atoms. The predicted octanol–water partition coefficient (Wildman–Crippen LogP) is 8.42. The SMILES string of the molecule is C=C/C(=C\C=C(/C)c1c(CC2CCCC2)c2ccc(F)cc2n1Cc1ccc(OCCCN2CCCCC2)cc1)C(=O)O. The second kappa shape index (κ2) is 14.7. The highest BCUT2D eigenvalue weighted by atomic mass is 19.1. The standard InChI is InChI=1S/C37H45FN2O3/c1-3-30(37(41)42)15-12-27(2)36-34(24-28-10-5-6-11-28)33-19-16-31(38)25-35(33)40(36)26-29-13-17-32(18-14-29)43-23-9-22-39-20-7-4-8-21-39/h3,12-19,25,28H,1,4-11,20-24,26H2,2H3,(H,41,42)/b27-12+,30-15+. The Morgan fingerprint density at radius 1 is 1.05 bits per heavy atom. The van der Waals surface area contributed by atoms with Crippen molar-refractivity contribution in [2.75, 3.05) is 26.2 Å². The quantitative estimate of drug-likeness (QED) is 0.124. The van der Waals surface area contributed by atoms with E-state index in [2.05, 4.69) is 28.2 Å². The lowest BCUT2D eigenvalue weighted by Crippen LogP contribution is -2.31. The van der Waals surface area contributed by atoms with Gasteiger partial charge in [0, 0.05) is 24.2 Å². The molecule has 1 aliphatic heterocycles. The minimum atomic E-state index is -1.01. The summed E-state index contributed by atoms with van der Waals surface area (Å²) in [4.78, 5) is 14.2. The zero-order valence-electron chi connectivity index (χ0n) is 25.5. The van der Waals surface area contributed by atoms with Crippen LogP contribution in [-0.2, 0) is 17.8 Å². The lowest BCUT2D eigenvalue weighted by atomic mass is 9.94. The van der Waals surface area contributed by atoms with Crippen molar-refractivity contribution in [2.45, 2.75) is 71.3 Å². The van der Waals surface area contributed by atoms with Crippen LogP contribution in [0.25, 0.3) is 16.5 Å². The number of carbonyl (C=O) groups is 1. The van der Waals surface area contributed by atoms with Crippen LogP contribution < -0.4 is 4.74 Å². The summed E-state index contributed by atoms with van der Waals surface area (Å²) in [7, 11) is 0. The van der Waals surface area contributed by atoms with Crippen LogP contribution in [0.4, 0.5) is 4.39 Å². The summed E-state index contributed by atoms with van der Waals surface area (Å²) in [5, 5.41) is 10.6. The van der Waals surface area contributed by atoms with Crippen LogP contribution in [0, 0.1) is 11.7 Å². The Bertz CT molecular complexity index is 1470. The van der Waals surface area contributed by atoms with Gasteiger partial charge in [-0.05, 0) is 105 Å². The van der Waals surface area contributed by atoms with Gasteiger partial charge in [0.2, 0.25) is 0 Å². The van der Waals surface area contributed by atoms with Crippen LogP contribution in [0.5, 0.6) is 5.75 Å². The first-order valence-corrected chi connectivity index (χ1v) is 15.9. The molecule has 0 unspecified atom stereocenters. The van der Waals surface area contributed by atoms with Crippen molar-refractivity contribution < 1.29 is 19.0 Å². The fourth-order valence-corrected chi connectivity index (χ4v) is 6.77. The summed E-state index contributed by atoms with van der Waals surface area (Å²) >= 11 is 0. The minimum Gasteiger partial charge on any atom is -0.494 e. The number of hydrogen-bond donors (Lipinski definition) is 1. The first-order chi connectivity index (χ1) is 20.9. The van der Waals surface area contributed by atoms with Crippen LogP contribution in [0.15, 0.2) is 72.8 Å². The molecular weight excluding hydrogens is 539 g/mol. The number of rotatable bonds is 13. The molecule has 2 aliphatic rings. The monoisotopic (exact) mass is 584 g/mol. The van der Waals surface area contributed by atoms with Gasteiger partial charge in [0.05, 0.1) is 17.7 Å². The van der Waals surface area contributed by atoms with Gasteiger partial charge in [0.1, 0.15) is 11.6 Å². The molecular formula is C37H45FN2O3. The van der Waals surface area contributed by atoms with Gasteiger partial charge in [-0.2, -0.15) is 0 Å². The average molecular weight is 585 g/mol. The van der Waals surface area contributed by atoms with E-state index in [1.807, 2.05) is 31.2 Å². The van der Waals surface area contributed by atoms with Crippen LogP contribution >= 0.6 is 0 Å². The van der Waals surface area contributed by atoms with Gasteiger partial charge in [-0.25, -0.2) is 9.18 Å². The van der Waals surface area contributed by atoms with E-state index in [0.29, 0.717) is 19.1 Å². The summed E-state index contributed by atoms with van der Waals surface area (Å²) in [5.41, 5.74) is 5.29. The third kappa shape index (κ3) is 7.85. The van der Waals surface area contributed by atoms with Gasteiger partial charge in [-0.15, -0.1) is 0 Å². The molecule has 1 aromatic heterocycles. The molecule has 2 heterocycles. The van der Waals surface area contributed by atoms with Crippen molar-refractivity contribution in [3.8, 4) is 5.75 Å². The van der Waals surface area contributed by atoms with E-state index < -0.39 is 5.97 Å². The van der Waals surface area contributed by atoms with Crippen LogP contribution in [-0.4, -0.2) is 46.8 Å². The Morgan fingerprint density at radius 2 is 1.79 bits per heavy atom. The summed E-state index contributed by atoms with van der Waals surface area (Å²) in [6.45, 7) is 10.4. The highest BCUT2D eigenvalue weighted by Crippen LogP contribution is 2.37. The van der Waals surface area contributed by atoms with Crippen molar-refractivity contribution in [2.24, 2.45) is 5.92 Å². The summed E-state index contributed by atoms with van der Waals surface area (Å²) in [5.74, 6) is 0.182. The number of ether oxygens (including phenoxy) is 1. The first kappa shape index (κ1) is 30.8. The van der Waals surface area contributed by atoms with Crippen LogP contribution in [0.1, 0.15) is 75.1 Å². The Labute approximate surface area is 255 Å². The number of allylic oxidation sites excluding steroid dienone is 3. The lowest BCUT2D eigenvalue weighted by Gasteiger charge is -2.26. The van der Waals surface area contributed by atoms with E-state index in [0.717, 1.165) is 52.9 Å². The lowest BCUT2D eigenvalue weighted by molar-refractivity contribution is -0.132. The van der Waals surface area contributed by atoms with Gasteiger partial charge in [-0.1, -0.05) is 63.0 Å². The highest BCUT2D eigenvalue weighted by molar-refractivity contribution is 5.92. The molecule has 5 nitrogen and oxygen atoms in total. The Kier molecular flexibility index (Phi) is 10.5. The van der Waals surface area contributed by atoms with E-state index in [1.54, 1.807) is 18.2 Å². The summed E-state index contributed by atoms with van der Waals surface area (Å²) in [6, 6.07) is 13.3. The predicted molar refractivity (Wildman–Crippen MR) is 173 cm³/mol. The normalized spacial score (nSPS) is 17.1. The molecule has 0 amide bonds. The van der Waals surface area contributed by atoms with E-state index in [1.165, 1.54) is 69.7 Å². The topological polar surface area (TPSA) is 54.7 Å². The van der Waals surface area contributed by atoms with Crippen LogP contribution in [0.3, 0.4) is 0 Å². The van der Waals surface area contributed by atoms with E-state index in [9.17, 15) is 14.3 Å². The molecule has 1 aliphatic carbocycles. The van der Waals surface area contributed by atoms with Gasteiger partial charge in [0.25, 0.3) is 0 Å². The summed E-state index contributed by atoms with van der Waals surface area (Å²) in [6.07, 6.45) is 15.6. The van der Waals surface area contributed by atoms with Crippen molar-refractivity contribution in [1.82, 2.24) is 9.47 Å². The number of benzene rings is 2. The highest BCUT2D eigenvalue weighted by Gasteiger charge is 2.24. The first-order valence-electron chi connectivity index (χ1n) is 15.9. The summed E-state index contributed by atoms with van der Waals surface area (Å²) < 4.78 is 22.9. The Morgan fingerprint density at radius 3 is 2.49 bits per heavy atom. The van der Waals surface area contributed by atoms with E-state index in [-0.39, 0.29) is 11.4 Å². The van der Waals surface area contributed by atoms with E-state index >= 15 is 0 Å². The molecule has 2 fully saturated rings. The van der Waals surface area contributed by atoms with Crippen LogP contribution in [0.2, 0.25) is 0 Å².